The highest BCUT2D eigenvalue weighted by molar-refractivity contribution is 6.30. The van der Waals surface area contributed by atoms with Crippen LogP contribution in [0.2, 0.25) is 5.02 Å². The summed E-state index contributed by atoms with van der Waals surface area (Å²) in [5.74, 6) is 1.74. The van der Waals surface area contributed by atoms with Crippen molar-refractivity contribution in [1.82, 2.24) is 14.8 Å². The molecule has 4 nitrogen and oxygen atoms in total. The van der Waals surface area contributed by atoms with Gasteiger partial charge in [-0.05, 0) is 41.0 Å². The minimum atomic E-state index is 0.589. The van der Waals surface area contributed by atoms with Crippen molar-refractivity contribution < 1.29 is 4.74 Å². The molecule has 5 heteroatoms. The maximum absolute atomic E-state index is 6.05. The van der Waals surface area contributed by atoms with Crippen molar-refractivity contribution >= 4 is 11.6 Å². The zero-order valence-corrected chi connectivity index (χ0v) is 17.0. The molecule has 0 unspecified atom stereocenters. The number of methoxy groups -OCH3 is 1. The minimum absolute atomic E-state index is 0.589. The molecular formula is C24H22ClN3O. The van der Waals surface area contributed by atoms with E-state index in [-0.39, 0.29) is 0 Å². The van der Waals surface area contributed by atoms with E-state index >= 15 is 0 Å². The van der Waals surface area contributed by atoms with Crippen LogP contribution in [0.15, 0.2) is 78.9 Å². The molecule has 29 heavy (non-hydrogen) atoms. The Bertz CT molecular complexity index is 1070. The van der Waals surface area contributed by atoms with E-state index in [0.29, 0.717) is 24.6 Å². The fourth-order valence-electron chi connectivity index (χ4n) is 3.44. The van der Waals surface area contributed by atoms with Crippen molar-refractivity contribution in [2.75, 3.05) is 13.7 Å². The van der Waals surface area contributed by atoms with E-state index in [4.69, 9.17) is 16.3 Å². The number of rotatable bonds is 7. The number of benzene rings is 3. The van der Waals surface area contributed by atoms with Crippen molar-refractivity contribution in [3.05, 3.63) is 95.3 Å². The van der Waals surface area contributed by atoms with Crippen LogP contribution in [0, 0.1) is 0 Å². The second-order valence-electron chi connectivity index (χ2n) is 6.79. The monoisotopic (exact) mass is 403 g/mol. The quantitative estimate of drug-likeness (QED) is 0.409. The third kappa shape index (κ3) is 4.39. The van der Waals surface area contributed by atoms with Crippen molar-refractivity contribution in [3.63, 3.8) is 0 Å². The van der Waals surface area contributed by atoms with Gasteiger partial charge in [0.05, 0.1) is 6.61 Å². The van der Waals surface area contributed by atoms with Gasteiger partial charge in [-0.25, -0.2) is 0 Å². The summed E-state index contributed by atoms with van der Waals surface area (Å²) in [6.07, 6.45) is 0.690. The Balaban J connectivity index is 1.72. The molecule has 0 saturated carbocycles. The van der Waals surface area contributed by atoms with Crippen LogP contribution in [0.4, 0.5) is 0 Å². The average Bonchev–Trinajstić information content (AvgIpc) is 3.16. The molecule has 0 saturated heterocycles. The molecule has 1 heterocycles. The number of halogens is 1. The summed E-state index contributed by atoms with van der Waals surface area (Å²) in [5.41, 5.74) is 4.61. The van der Waals surface area contributed by atoms with Crippen LogP contribution in [0.25, 0.3) is 22.5 Å². The van der Waals surface area contributed by atoms with Gasteiger partial charge in [0, 0.05) is 30.7 Å². The van der Waals surface area contributed by atoms with Gasteiger partial charge in [-0.15, -0.1) is 10.2 Å². The predicted molar refractivity (Wildman–Crippen MR) is 117 cm³/mol. The maximum atomic E-state index is 6.05. The SMILES string of the molecule is COCCn1c(Cc2ccccc2-c2ccccc2)nnc1-c1ccc(Cl)cc1. The first-order valence-corrected chi connectivity index (χ1v) is 9.94. The fraction of sp³-hybridized carbons (Fsp3) is 0.167. The number of hydrogen-bond acceptors (Lipinski definition) is 3. The largest absolute Gasteiger partial charge is 0.383 e. The van der Waals surface area contributed by atoms with Gasteiger partial charge < -0.3 is 9.30 Å². The smallest absolute Gasteiger partial charge is 0.164 e. The Kier molecular flexibility index (Phi) is 6.03. The molecule has 0 aliphatic carbocycles. The third-order valence-electron chi connectivity index (χ3n) is 4.90. The molecular weight excluding hydrogens is 382 g/mol. The van der Waals surface area contributed by atoms with E-state index in [0.717, 1.165) is 17.2 Å². The molecule has 0 radical (unpaired) electrons. The minimum Gasteiger partial charge on any atom is -0.383 e. The molecule has 0 aliphatic rings. The molecule has 0 spiro atoms. The van der Waals surface area contributed by atoms with Gasteiger partial charge in [0.1, 0.15) is 5.82 Å². The lowest BCUT2D eigenvalue weighted by atomic mass is 9.97. The summed E-state index contributed by atoms with van der Waals surface area (Å²) in [4.78, 5) is 0. The van der Waals surface area contributed by atoms with Crippen LogP contribution in [-0.2, 0) is 17.7 Å². The molecule has 4 rings (SSSR count). The van der Waals surface area contributed by atoms with E-state index in [1.807, 2.05) is 30.3 Å². The Morgan fingerprint density at radius 2 is 1.55 bits per heavy atom. The molecule has 1 aromatic heterocycles. The summed E-state index contributed by atoms with van der Waals surface area (Å²) in [5, 5.41) is 9.71. The molecule has 0 atom stereocenters. The first kappa shape index (κ1) is 19.4. The summed E-state index contributed by atoms with van der Waals surface area (Å²) in [6, 6.07) is 26.5. The summed E-state index contributed by atoms with van der Waals surface area (Å²) in [7, 11) is 1.71. The highest BCUT2D eigenvalue weighted by Crippen LogP contribution is 2.27. The first-order chi connectivity index (χ1) is 14.3. The molecule has 0 N–H and O–H groups in total. The number of aromatic nitrogens is 3. The van der Waals surface area contributed by atoms with Gasteiger partial charge in [0.15, 0.2) is 5.82 Å². The maximum Gasteiger partial charge on any atom is 0.164 e. The van der Waals surface area contributed by atoms with Crippen LogP contribution in [0.3, 0.4) is 0 Å². The topological polar surface area (TPSA) is 39.9 Å². The van der Waals surface area contributed by atoms with Gasteiger partial charge in [-0.2, -0.15) is 0 Å². The van der Waals surface area contributed by atoms with E-state index < -0.39 is 0 Å². The van der Waals surface area contributed by atoms with Gasteiger partial charge in [-0.1, -0.05) is 66.2 Å². The van der Waals surface area contributed by atoms with E-state index in [1.54, 1.807) is 7.11 Å². The second-order valence-corrected chi connectivity index (χ2v) is 7.23. The molecule has 0 amide bonds. The first-order valence-electron chi connectivity index (χ1n) is 9.56. The van der Waals surface area contributed by atoms with Crippen LogP contribution in [0.5, 0.6) is 0 Å². The van der Waals surface area contributed by atoms with Crippen LogP contribution in [-0.4, -0.2) is 28.5 Å². The zero-order valence-electron chi connectivity index (χ0n) is 16.3. The van der Waals surface area contributed by atoms with Crippen LogP contribution < -0.4 is 0 Å². The summed E-state index contributed by atoms with van der Waals surface area (Å²) >= 11 is 6.05. The molecule has 0 bridgehead atoms. The molecule has 4 aromatic rings. The van der Waals surface area contributed by atoms with Gasteiger partial charge >= 0.3 is 0 Å². The molecule has 0 fully saturated rings. The Morgan fingerprint density at radius 3 is 2.31 bits per heavy atom. The van der Waals surface area contributed by atoms with E-state index in [1.165, 1.54) is 16.7 Å². The van der Waals surface area contributed by atoms with Crippen molar-refractivity contribution in [3.8, 4) is 22.5 Å². The van der Waals surface area contributed by atoms with Gasteiger partial charge in [0.2, 0.25) is 0 Å². The van der Waals surface area contributed by atoms with Crippen LogP contribution in [0.1, 0.15) is 11.4 Å². The van der Waals surface area contributed by atoms with E-state index in [9.17, 15) is 0 Å². The number of nitrogens with zero attached hydrogens (tertiary/aromatic N) is 3. The highest BCUT2D eigenvalue weighted by atomic mass is 35.5. The molecule has 0 aliphatic heterocycles. The van der Waals surface area contributed by atoms with Crippen LogP contribution >= 0.6 is 11.6 Å². The standard InChI is InChI=1S/C24H22ClN3O/c1-29-16-15-28-23(26-27-24(28)19-11-13-21(25)14-12-19)17-20-9-5-6-10-22(20)18-7-3-2-4-8-18/h2-14H,15-17H2,1H3. The Morgan fingerprint density at radius 1 is 0.828 bits per heavy atom. The number of ether oxygens (including phenoxy) is 1. The predicted octanol–water partition coefficient (Wildman–Crippen LogP) is 5.50. The van der Waals surface area contributed by atoms with E-state index in [2.05, 4.69) is 63.3 Å². The average molecular weight is 404 g/mol. The summed E-state index contributed by atoms with van der Waals surface area (Å²) in [6.45, 7) is 1.27. The highest BCUT2D eigenvalue weighted by Gasteiger charge is 2.16. The zero-order chi connectivity index (χ0) is 20.1. The number of hydrogen-bond donors (Lipinski definition) is 0. The lowest BCUT2D eigenvalue weighted by Crippen LogP contribution is -2.10. The molecule has 146 valence electrons. The molecule has 3 aromatic carbocycles. The second kappa shape index (κ2) is 9.03. The van der Waals surface area contributed by atoms with Crippen molar-refractivity contribution in [2.24, 2.45) is 0 Å². The lowest BCUT2D eigenvalue weighted by molar-refractivity contribution is 0.187. The summed E-state index contributed by atoms with van der Waals surface area (Å²) < 4.78 is 7.46. The van der Waals surface area contributed by atoms with Crippen molar-refractivity contribution in [2.45, 2.75) is 13.0 Å². The fourth-order valence-corrected chi connectivity index (χ4v) is 3.57. The Hall–Kier alpha value is -2.95. The van der Waals surface area contributed by atoms with Gasteiger partial charge in [0.25, 0.3) is 0 Å². The third-order valence-corrected chi connectivity index (χ3v) is 5.15. The lowest BCUT2D eigenvalue weighted by Gasteiger charge is -2.13. The Labute approximate surface area is 175 Å². The van der Waals surface area contributed by atoms with Crippen molar-refractivity contribution in [1.29, 1.82) is 0 Å². The normalized spacial score (nSPS) is 11.0. The van der Waals surface area contributed by atoms with Gasteiger partial charge in [-0.3, -0.25) is 0 Å².